The zero-order chi connectivity index (χ0) is 35.4. The lowest BCUT2D eigenvalue weighted by molar-refractivity contribution is 0.0876. The van der Waals surface area contributed by atoms with E-state index in [1.165, 1.54) is 12.1 Å². The molecule has 10 heteroatoms. The molecular formula is C42H23B3N2O5. The molecule has 0 atom stereocenters. The van der Waals surface area contributed by atoms with Crippen LogP contribution in [0.3, 0.4) is 0 Å². The van der Waals surface area contributed by atoms with Gasteiger partial charge in [0.25, 0.3) is 0 Å². The van der Waals surface area contributed by atoms with Gasteiger partial charge in [0, 0.05) is 22.1 Å². The van der Waals surface area contributed by atoms with E-state index in [1.807, 2.05) is 114 Å². The molecule has 52 heavy (non-hydrogen) atoms. The third kappa shape index (κ3) is 4.06. The summed E-state index contributed by atoms with van der Waals surface area (Å²) in [4.78, 5) is 0. The van der Waals surface area contributed by atoms with E-state index in [9.17, 15) is 15.3 Å². The highest BCUT2D eigenvalue weighted by Gasteiger charge is 2.31. The molecule has 0 fully saturated rings. The minimum absolute atomic E-state index is 0.0322. The van der Waals surface area contributed by atoms with Gasteiger partial charge < -0.3 is 24.5 Å². The highest BCUT2D eigenvalue weighted by atomic mass is 17.0. The Morgan fingerprint density at radius 1 is 0.423 bits per heavy atom. The molecule has 0 amide bonds. The van der Waals surface area contributed by atoms with Crippen molar-refractivity contribution in [3.63, 3.8) is 0 Å². The van der Waals surface area contributed by atoms with Gasteiger partial charge in [0.2, 0.25) is 11.2 Å². The van der Waals surface area contributed by atoms with Gasteiger partial charge in [-0.1, -0.05) is 95.9 Å². The molecule has 0 aliphatic heterocycles. The quantitative estimate of drug-likeness (QED) is 0.138. The molecule has 0 spiro atoms. The average Bonchev–Trinajstić information content (AvgIpc) is 3.70. The van der Waals surface area contributed by atoms with Crippen molar-refractivity contribution < 1.29 is 24.5 Å². The zero-order valence-electron chi connectivity index (χ0n) is 27.3. The first-order chi connectivity index (χ1) is 25.3. The van der Waals surface area contributed by atoms with Crippen molar-refractivity contribution in [2.24, 2.45) is 0 Å². The van der Waals surface area contributed by atoms with E-state index in [2.05, 4.69) is 0 Å². The first kappa shape index (κ1) is 30.2. The Kier molecular flexibility index (Phi) is 6.34. The van der Waals surface area contributed by atoms with Crippen LogP contribution in [0.1, 0.15) is 0 Å². The monoisotopic (exact) mass is 668 g/mol. The summed E-state index contributed by atoms with van der Waals surface area (Å²) in [6, 6.07) is 38.4. The maximum absolute atomic E-state index is 12.3. The van der Waals surface area contributed by atoms with Crippen molar-refractivity contribution in [1.82, 2.24) is 9.13 Å². The number of aromatic nitrogens is 2. The molecule has 0 saturated heterocycles. The fourth-order valence-electron chi connectivity index (χ4n) is 7.79. The van der Waals surface area contributed by atoms with Crippen molar-refractivity contribution >= 4 is 94.7 Å². The van der Waals surface area contributed by atoms with Gasteiger partial charge in [-0.3, -0.25) is 9.15 Å². The van der Waals surface area contributed by atoms with E-state index in [4.69, 9.17) is 32.7 Å². The largest absolute Gasteiger partial charge is 0.506 e. The maximum atomic E-state index is 12.3. The Labute approximate surface area is 299 Å². The summed E-state index contributed by atoms with van der Waals surface area (Å²) in [5, 5.41) is 36.6. The summed E-state index contributed by atoms with van der Waals surface area (Å²) >= 11 is 0. The molecular weight excluding hydrogens is 645 g/mol. The van der Waals surface area contributed by atoms with Crippen LogP contribution in [0.4, 0.5) is 0 Å². The highest BCUT2D eigenvalue weighted by molar-refractivity contribution is 6.52. The standard InChI is InChI=1S/C42H23B3N2O5/c43-27-19-29(48)41-33-31-32-34-37(28(44)20-30(49)42(34)52-51-41)47(26-17-13-24(14-18-26)22-9-5-2-6-10-22)39(32)40(50)35(45)38(31)46(36(27)33)25-15-11-23(12-16-25)21-7-3-1-4-8-21/h1-20,48-50H. The topological polar surface area (TPSA) is 96.8 Å². The Morgan fingerprint density at radius 2 is 0.808 bits per heavy atom. The Morgan fingerprint density at radius 3 is 1.25 bits per heavy atom. The predicted molar refractivity (Wildman–Crippen MR) is 209 cm³/mol. The van der Waals surface area contributed by atoms with E-state index in [-0.39, 0.29) is 44.8 Å². The highest BCUT2D eigenvalue weighted by Crippen LogP contribution is 2.49. The number of rotatable bonds is 4. The minimum Gasteiger partial charge on any atom is -0.506 e. The summed E-state index contributed by atoms with van der Waals surface area (Å²) in [5.41, 5.74) is 7.55. The number of phenolic OH excluding ortho intramolecular Hbond substituents is 3. The second kappa shape index (κ2) is 10.9. The molecule has 3 N–H and O–H groups in total. The molecule has 10 rings (SSSR count). The van der Waals surface area contributed by atoms with Gasteiger partial charge in [-0.2, -0.15) is 0 Å². The predicted octanol–water partition coefficient (Wildman–Crippen LogP) is 7.05. The zero-order valence-corrected chi connectivity index (χ0v) is 27.3. The summed E-state index contributed by atoms with van der Waals surface area (Å²) in [7, 11) is 20.4. The van der Waals surface area contributed by atoms with Gasteiger partial charge in [0.15, 0.2) is 11.5 Å². The molecule has 7 aromatic carbocycles. The van der Waals surface area contributed by atoms with Gasteiger partial charge in [0.05, 0.1) is 32.8 Å². The van der Waals surface area contributed by atoms with Crippen LogP contribution in [0.15, 0.2) is 130 Å². The summed E-state index contributed by atoms with van der Waals surface area (Å²) in [5.74, 6) is -0.793. The normalized spacial score (nSPS) is 11.9. The maximum Gasteiger partial charge on any atom is 0.230 e. The lowest BCUT2D eigenvalue weighted by Gasteiger charge is -2.15. The van der Waals surface area contributed by atoms with Crippen LogP contribution in [0, 0.1) is 0 Å². The third-order valence-corrected chi connectivity index (χ3v) is 10.1. The SMILES string of the molecule is [B]c1cc(O)c2ooc3c(O)cc([B])c4c3c3c5c2c1n(-c1ccc(-c2ccccc2)cc1)c5c([B])c(O)c3n4-c1ccc(-c2ccccc2)cc1. The third-order valence-electron chi connectivity index (χ3n) is 10.1. The van der Waals surface area contributed by atoms with E-state index < -0.39 is 0 Å². The molecule has 0 saturated carbocycles. The van der Waals surface area contributed by atoms with Crippen molar-refractivity contribution in [1.29, 1.82) is 0 Å². The number of hydrogen-bond acceptors (Lipinski definition) is 5. The first-order valence-corrected chi connectivity index (χ1v) is 16.6. The van der Waals surface area contributed by atoms with Crippen LogP contribution in [0.25, 0.3) is 88.4 Å². The Bertz CT molecular complexity index is 2840. The summed E-state index contributed by atoms with van der Waals surface area (Å²) in [6.45, 7) is 0. The van der Waals surface area contributed by atoms with E-state index in [0.29, 0.717) is 55.0 Å². The van der Waals surface area contributed by atoms with Crippen molar-refractivity contribution in [2.75, 3.05) is 0 Å². The van der Waals surface area contributed by atoms with Crippen LogP contribution in [-0.2, 0) is 0 Å². The average molecular weight is 668 g/mol. The Hall–Kier alpha value is -6.67. The van der Waals surface area contributed by atoms with Crippen LogP contribution in [-0.4, -0.2) is 48.0 Å². The van der Waals surface area contributed by atoms with Crippen LogP contribution in [0.2, 0.25) is 0 Å². The number of benzene rings is 7. The summed E-state index contributed by atoms with van der Waals surface area (Å²) in [6.07, 6.45) is 0. The molecule has 0 aliphatic carbocycles. The number of nitrogens with zero attached hydrogens (tertiary/aromatic N) is 2. The molecule has 0 aliphatic rings. The summed E-state index contributed by atoms with van der Waals surface area (Å²) < 4.78 is 15.4. The molecule has 3 aromatic heterocycles. The second-order valence-corrected chi connectivity index (χ2v) is 12.9. The first-order valence-electron chi connectivity index (χ1n) is 16.6. The van der Waals surface area contributed by atoms with Gasteiger partial charge in [-0.15, -0.1) is 0 Å². The lowest BCUT2D eigenvalue weighted by Crippen LogP contribution is -2.13. The number of hydrogen-bond donors (Lipinski definition) is 3. The number of phenols is 3. The van der Waals surface area contributed by atoms with E-state index in [0.717, 1.165) is 22.3 Å². The van der Waals surface area contributed by atoms with E-state index in [1.54, 1.807) is 4.57 Å². The molecule has 240 valence electrons. The molecule has 6 radical (unpaired) electrons. The fraction of sp³-hybridized carbons (Fsp3) is 0. The van der Waals surface area contributed by atoms with Gasteiger partial charge in [0.1, 0.15) is 29.3 Å². The molecule has 10 aromatic rings. The van der Waals surface area contributed by atoms with Crippen molar-refractivity contribution in [3.8, 4) is 50.9 Å². The lowest BCUT2D eigenvalue weighted by atomic mass is 9.87. The van der Waals surface area contributed by atoms with Crippen LogP contribution < -0.4 is 16.4 Å². The smallest absolute Gasteiger partial charge is 0.230 e. The molecule has 3 heterocycles. The molecule has 0 unspecified atom stereocenters. The van der Waals surface area contributed by atoms with Crippen LogP contribution in [0.5, 0.6) is 17.2 Å². The van der Waals surface area contributed by atoms with Crippen molar-refractivity contribution in [2.45, 2.75) is 0 Å². The fourth-order valence-corrected chi connectivity index (χ4v) is 7.79. The Balaban J connectivity index is 1.38. The van der Waals surface area contributed by atoms with Crippen molar-refractivity contribution in [3.05, 3.63) is 121 Å². The van der Waals surface area contributed by atoms with Gasteiger partial charge in [-0.25, -0.2) is 0 Å². The van der Waals surface area contributed by atoms with Crippen LogP contribution >= 0.6 is 0 Å². The second-order valence-electron chi connectivity index (χ2n) is 12.9. The van der Waals surface area contributed by atoms with E-state index >= 15 is 0 Å². The van der Waals surface area contributed by atoms with Gasteiger partial charge >= 0.3 is 0 Å². The van der Waals surface area contributed by atoms with Gasteiger partial charge in [-0.05, 0) is 64.1 Å². The molecule has 7 nitrogen and oxygen atoms in total. The number of aromatic hydroxyl groups is 3. The molecule has 0 bridgehead atoms. The minimum atomic E-state index is -0.293.